The Kier molecular flexibility index (Phi) is 2.84. The van der Waals surface area contributed by atoms with Crippen molar-refractivity contribution in [1.29, 1.82) is 0 Å². The number of carbonyl (C=O) groups is 1. The van der Waals surface area contributed by atoms with Crippen LogP contribution in [0.25, 0.3) is 10.1 Å². The molecule has 0 aliphatic rings. The summed E-state index contributed by atoms with van der Waals surface area (Å²) in [5.74, 6) is 0.0595. The highest BCUT2D eigenvalue weighted by atomic mass is 32.1. The summed E-state index contributed by atoms with van der Waals surface area (Å²) in [6.45, 7) is 1.91. The number of aryl methyl sites for hydroxylation is 1. The van der Waals surface area contributed by atoms with Gasteiger partial charge in [0, 0.05) is 16.0 Å². The van der Waals surface area contributed by atoms with Crippen LogP contribution in [0.4, 0.5) is 5.69 Å². The molecule has 3 heteroatoms. The van der Waals surface area contributed by atoms with E-state index < -0.39 is 0 Å². The first-order valence-corrected chi connectivity index (χ1v) is 6.86. The van der Waals surface area contributed by atoms with Gasteiger partial charge in [-0.1, -0.05) is 18.2 Å². The Morgan fingerprint density at radius 2 is 1.89 bits per heavy atom. The van der Waals surface area contributed by atoms with Crippen molar-refractivity contribution < 1.29 is 4.79 Å². The number of benzene rings is 2. The third-order valence-corrected chi connectivity index (χ3v) is 4.30. The smallest absolute Gasteiger partial charge is 0.202 e. The molecular formula is C16H13NOS. The second-order valence-electron chi connectivity index (χ2n) is 4.55. The molecule has 3 rings (SSSR count). The maximum absolute atomic E-state index is 12.4. The average Bonchev–Trinajstić information content (AvgIpc) is 2.85. The van der Waals surface area contributed by atoms with Gasteiger partial charge in [0.2, 0.25) is 5.78 Å². The Bertz CT molecular complexity index is 740. The van der Waals surface area contributed by atoms with Crippen LogP contribution in [-0.4, -0.2) is 5.78 Å². The van der Waals surface area contributed by atoms with E-state index in [0.717, 1.165) is 20.5 Å². The molecule has 0 unspecified atom stereocenters. The topological polar surface area (TPSA) is 43.1 Å². The molecule has 94 valence electrons. The van der Waals surface area contributed by atoms with Gasteiger partial charge in [0.05, 0.1) is 4.88 Å². The normalized spacial score (nSPS) is 10.8. The molecule has 0 radical (unpaired) electrons. The molecule has 0 fully saturated rings. The van der Waals surface area contributed by atoms with Crippen LogP contribution < -0.4 is 5.73 Å². The van der Waals surface area contributed by atoms with Crippen LogP contribution in [0.1, 0.15) is 20.8 Å². The number of nitrogens with two attached hydrogens (primary N) is 1. The first-order chi connectivity index (χ1) is 9.15. The molecule has 0 saturated carbocycles. The molecule has 3 aromatic rings. The van der Waals surface area contributed by atoms with Crippen LogP contribution in [0, 0.1) is 6.92 Å². The number of thiophene rings is 1. The Labute approximate surface area is 115 Å². The predicted molar refractivity (Wildman–Crippen MR) is 80.8 cm³/mol. The highest BCUT2D eigenvalue weighted by Gasteiger charge is 2.13. The van der Waals surface area contributed by atoms with E-state index in [9.17, 15) is 4.79 Å². The van der Waals surface area contributed by atoms with Crippen LogP contribution in [0.5, 0.6) is 0 Å². The van der Waals surface area contributed by atoms with Gasteiger partial charge in [0.15, 0.2) is 0 Å². The quantitative estimate of drug-likeness (QED) is 0.563. The summed E-state index contributed by atoms with van der Waals surface area (Å²) in [6, 6.07) is 15.4. The zero-order chi connectivity index (χ0) is 13.4. The molecule has 1 heterocycles. The second kappa shape index (κ2) is 4.52. The number of rotatable bonds is 2. The average molecular weight is 267 g/mol. The van der Waals surface area contributed by atoms with E-state index in [0.29, 0.717) is 11.3 Å². The van der Waals surface area contributed by atoms with Gasteiger partial charge < -0.3 is 5.73 Å². The Balaban J connectivity index is 2.05. The van der Waals surface area contributed by atoms with Gasteiger partial charge in [-0.15, -0.1) is 11.3 Å². The summed E-state index contributed by atoms with van der Waals surface area (Å²) in [4.78, 5) is 13.2. The minimum atomic E-state index is 0.0595. The summed E-state index contributed by atoms with van der Waals surface area (Å²) < 4.78 is 1.14. The molecular weight excluding hydrogens is 254 g/mol. The van der Waals surface area contributed by atoms with Crippen molar-refractivity contribution in [3.8, 4) is 0 Å². The number of hydrogen-bond donors (Lipinski definition) is 1. The van der Waals surface area contributed by atoms with Crippen LogP contribution in [0.2, 0.25) is 0 Å². The van der Waals surface area contributed by atoms with Crippen molar-refractivity contribution in [2.45, 2.75) is 6.92 Å². The van der Waals surface area contributed by atoms with Crippen LogP contribution in [0.3, 0.4) is 0 Å². The third-order valence-electron chi connectivity index (χ3n) is 3.18. The van der Waals surface area contributed by atoms with Gasteiger partial charge in [-0.25, -0.2) is 0 Å². The molecule has 19 heavy (non-hydrogen) atoms. The Morgan fingerprint density at radius 3 is 2.63 bits per heavy atom. The molecule has 0 aliphatic heterocycles. The van der Waals surface area contributed by atoms with Gasteiger partial charge in [0.1, 0.15) is 0 Å². The Morgan fingerprint density at radius 1 is 1.11 bits per heavy atom. The number of nitrogen functional groups attached to an aromatic ring is 1. The van der Waals surface area contributed by atoms with Crippen molar-refractivity contribution in [1.82, 2.24) is 0 Å². The first kappa shape index (κ1) is 11.9. The van der Waals surface area contributed by atoms with E-state index in [-0.39, 0.29) is 5.78 Å². The highest BCUT2D eigenvalue weighted by Crippen LogP contribution is 2.27. The van der Waals surface area contributed by atoms with Crippen molar-refractivity contribution in [2.75, 3.05) is 5.73 Å². The fraction of sp³-hybridized carbons (Fsp3) is 0.0625. The number of ketones is 1. The zero-order valence-electron chi connectivity index (χ0n) is 10.5. The second-order valence-corrected chi connectivity index (χ2v) is 5.63. The van der Waals surface area contributed by atoms with Gasteiger partial charge >= 0.3 is 0 Å². The van der Waals surface area contributed by atoms with Gasteiger partial charge in [-0.2, -0.15) is 0 Å². The fourth-order valence-electron chi connectivity index (χ4n) is 2.05. The highest BCUT2D eigenvalue weighted by molar-refractivity contribution is 7.21. The zero-order valence-corrected chi connectivity index (χ0v) is 11.3. The standard InChI is InChI=1S/C16H13NOS/c1-10-8-12(6-7-13(10)17)16(18)15-9-11-4-2-3-5-14(11)19-15/h2-9H,17H2,1H3. The van der Waals surface area contributed by atoms with E-state index >= 15 is 0 Å². The number of anilines is 1. The maximum atomic E-state index is 12.4. The van der Waals surface area contributed by atoms with E-state index in [1.54, 1.807) is 12.1 Å². The lowest BCUT2D eigenvalue weighted by atomic mass is 10.1. The molecule has 2 nitrogen and oxygen atoms in total. The van der Waals surface area contributed by atoms with Crippen molar-refractivity contribution in [3.05, 3.63) is 64.5 Å². The van der Waals surface area contributed by atoms with Crippen molar-refractivity contribution in [3.63, 3.8) is 0 Å². The summed E-state index contributed by atoms with van der Waals surface area (Å²) in [7, 11) is 0. The molecule has 2 N–H and O–H groups in total. The third kappa shape index (κ3) is 2.13. The molecule has 0 amide bonds. The van der Waals surface area contributed by atoms with Gasteiger partial charge in [-0.05, 0) is 48.2 Å². The molecule has 0 spiro atoms. The van der Waals surface area contributed by atoms with Crippen LogP contribution >= 0.6 is 11.3 Å². The fourth-order valence-corrected chi connectivity index (χ4v) is 3.08. The largest absolute Gasteiger partial charge is 0.399 e. The molecule has 0 aliphatic carbocycles. The summed E-state index contributed by atoms with van der Waals surface area (Å²) in [5.41, 5.74) is 8.13. The lowest BCUT2D eigenvalue weighted by Crippen LogP contribution is -2.00. The molecule has 1 aromatic heterocycles. The Hall–Kier alpha value is -2.13. The van der Waals surface area contributed by atoms with Crippen LogP contribution in [0.15, 0.2) is 48.5 Å². The summed E-state index contributed by atoms with van der Waals surface area (Å²) >= 11 is 1.53. The molecule has 0 bridgehead atoms. The number of carbonyl (C=O) groups excluding carboxylic acids is 1. The number of hydrogen-bond acceptors (Lipinski definition) is 3. The monoisotopic (exact) mass is 267 g/mol. The van der Waals surface area contributed by atoms with Crippen molar-refractivity contribution in [2.24, 2.45) is 0 Å². The maximum Gasteiger partial charge on any atom is 0.202 e. The van der Waals surface area contributed by atoms with E-state index in [2.05, 4.69) is 0 Å². The predicted octanol–water partition coefficient (Wildman–Crippen LogP) is 4.02. The van der Waals surface area contributed by atoms with Crippen molar-refractivity contribution >= 4 is 32.9 Å². The van der Waals surface area contributed by atoms with Crippen LogP contribution in [-0.2, 0) is 0 Å². The van der Waals surface area contributed by atoms with Gasteiger partial charge in [-0.3, -0.25) is 4.79 Å². The lowest BCUT2D eigenvalue weighted by Gasteiger charge is -2.02. The molecule has 2 aromatic carbocycles. The van der Waals surface area contributed by atoms with E-state index in [1.807, 2.05) is 43.3 Å². The number of fused-ring (bicyclic) bond motifs is 1. The van der Waals surface area contributed by atoms with E-state index in [1.165, 1.54) is 11.3 Å². The summed E-state index contributed by atoms with van der Waals surface area (Å²) in [5, 5.41) is 1.11. The lowest BCUT2D eigenvalue weighted by molar-refractivity contribution is 0.104. The van der Waals surface area contributed by atoms with Gasteiger partial charge in [0.25, 0.3) is 0 Å². The molecule has 0 saturated heterocycles. The minimum absolute atomic E-state index is 0.0595. The molecule has 0 atom stereocenters. The first-order valence-electron chi connectivity index (χ1n) is 6.04. The summed E-state index contributed by atoms with van der Waals surface area (Å²) in [6.07, 6.45) is 0. The SMILES string of the molecule is Cc1cc(C(=O)c2cc3ccccc3s2)ccc1N. The van der Waals surface area contributed by atoms with E-state index in [4.69, 9.17) is 5.73 Å². The minimum Gasteiger partial charge on any atom is -0.399 e.